The van der Waals surface area contributed by atoms with Crippen molar-refractivity contribution in [2.24, 2.45) is 0 Å². The third-order valence-corrected chi connectivity index (χ3v) is 4.46. The minimum Gasteiger partial charge on any atom is -0.397 e. The van der Waals surface area contributed by atoms with Crippen molar-refractivity contribution in [2.45, 2.75) is 39.3 Å². The molecule has 0 spiro atoms. The first-order valence-electron chi connectivity index (χ1n) is 8.75. The van der Waals surface area contributed by atoms with E-state index in [9.17, 15) is 5.11 Å². The fourth-order valence-electron chi connectivity index (χ4n) is 2.55. The highest BCUT2D eigenvalue weighted by Gasteiger charge is 2.18. The molecule has 1 atom stereocenters. The van der Waals surface area contributed by atoms with Crippen LogP contribution in [0.15, 0.2) is 18.2 Å². The van der Waals surface area contributed by atoms with Crippen molar-refractivity contribution in [3.05, 3.63) is 23.2 Å². The smallest absolute Gasteiger partial charge is 0.227 e. The molecule has 0 amide bonds. The summed E-state index contributed by atoms with van der Waals surface area (Å²) in [6.07, 6.45) is 0.732. The summed E-state index contributed by atoms with van der Waals surface area (Å²) < 4.78 is 1.73. The summed E-state index contributed by atoms with van der Waals surface area (Å²) in [4.78, 5) is 9.07. The zero-order valence-electron chi connectivity index (χ0n) is 15.4. The number of nitrogen functional groups attached to an aromatic ring is 1. The van der Waals surface area contributed by atoms with Crippen LogP contribution in [0.4, 0.5) is 23.1 Å². The van der Waals surface area contributed by atoms with Gasteiger partial charge in [0.1, 0.15) is 0 Å². The van der Waals surface area contributed by atoms with Crippen LogP contribution < -0.4 is 16.4 Å². The molecule has 2 heterocycles. The Morgan fingerprint density at radius 2 is 2.07 bits per heavy atom. The quantitative estimate of drug-likeness (QED) is 0.453. The molecule has 0 fully saturated rings. The van der Waals surface area contributed by atoms with Gasteiger partial charge >= 0.3 is 0 Å². The SMILES string of the molecule is CCC(CO)Nc1nc(Nc2ccc(Cl)c(N)c2)c2nnn(C(C)C)c2n1. The third kappa shape index (κ3) is 4.04. The van der Waals surface area contributed by atoms with Crippen molar-refractivity contribution in [2.75, 3.05) is 23.0 Å². The highest BCUT2D eigenvalue weighted by Crippen LogP contribution is 2.28. The highest BCUT2D eigenvalue weighted by molar-refractivity contribution is 6.33. The topological polar surface area (TPSA) is 127 Å². The lowest BCUT2D eigenvalue weighted by molar-refractivity contribution is 0.271. The molecule has 0 aliphatic heterocycles. The molecule has 0 aliphatic carbocycles. The number of hydrogen-bond acceptors (Lipinski definition) is 8. The fraction of sp³-hybridized carbons (Fsp3) is 0.412. The van der Waals surface area contributed by atoms with Crippen LogP contribution in [0.5, 0.6) is 0 Å². The number of aliphatic hydroxyl groups is 1. The van der Waals surface area contributed by atoms with Crippen molar-refractivity contribution >= 4 is 45.9 Å². The second kappa shape index (κ2) is 7.93. The van der Waals surface area contributed by atoms with Crippen molar-refractivity contribution in [1.82, 2.24) is 25.0 Å². The molecule has 144 valence electrons. The Bertz CT molecular complexity index is 938. The summed E-state index contributed by atoms with van der Waals surface area (Å²) in [7, 11) is 0. The van der Waals surface area contributed by atoms with Crippen molar-refractivity contribution in [3.63, 3.8) is 0 Å². The Morgan fingerprint density at radius 1 is 1.30 bits per heavy atom. The molecule has 0 saturated heterocycles. The lowest BCUT2D eigenvalue weighted by Gasteiger charge is -2.15. The summed E-state index contributed by atoms with van der Waals surface area (Å²) in [6, 6.07) is 5.16. The van der Waals surface area contributed by atoms with Gasteiger partial charge in [-0.05, 0) is 38.5 Å². The van der Waals surface area contributed by atoms with Crippen LogP contribution in [-0.4, -0.2) is 42.7 Å². The van der Waals surface area contributed by atoms with Crippen LogP contribution in [0.1, 0.15) is 33.2 Å². The largest absolute Gasteiger partial charge is 0.397 e. The molecule has 1 aromatic carbocycles. The predicted molar refractivity (Wildman–Crippen MR) is 107 cm³/mol. The van der Waals surface area contributed by atoms with E-state index in [1.54, 1.807) is 22.9 Å². The Hall–Kier alpha value is -2.65. The van der Waals surface area contributed by atoms with Gasteiger partial charge in [0.05, 0.1) is 29.4 Å². The molecule has 0 saturated carbocycles. The Morgan fingerprint density at radius 3 is 2.70 bits per heavy atom. The first-order chi connectivity index (χ1) is 12.9. The van der Waals surface area contributed by atoms with Gasteiger partial charge in [0.15, 0.2) is 17.0 Å². The van der Waals surface area contributed by atoms with E-state index in [1.165, 1.54) is 0 Å². The molecule has 2 aromatic heterocycles. The van der Waals surface area contributed by atoms with E-state index >= 15 is 0 Å². The number of rotatable bonds is 7. The summed E-state index contributed by atoms with van der Waals surface area (Å²) >= 11 is 5.99. The molecule has 10 heteroatoms. The van der Waals surface area contributed by atoms with Crippen molar-refractivity contribution in [3.8, 4) is 0 Å². The Kier molecular flexibility index (Phi) is 5.62. The average molecular weight is 391 g/mol. The summed E-state index contributed by atoms with van der Waals surface area (Å²) in [6.45, 7) is 5.95. The normalized spacial score (nSPS) is 12.5. The van der Waals surface area contributed by atoms with Gasteiger partial charge in [0.25, 0.3) is 0 Å². The molecule has 3 aromatic rings. The number of benzene rings is 1. The molecular formula is C17H23ClN8O. The van der Waals surface area contributed by atoms with E-state index in [-0.39, 0.29) is 18.7 Å². The maximum absolute atomic E-state index is 9.47. The molecule has 1 unspecified atom stereocenters. The van der Waals surface area contributed by atoms with Crippen molar-refractivity contribution < 1.29 is 5.11 Å². The number of hydrogen-bond donors (Lipinski definition) is 4. The Labute approximate surface area is 161 Å². The second-order valence-electron chi connectivity index (χ2n) is 6.49. The molecule has 9 nitrogen and oxygen atoms in total. The molecule has 3 rings (SSSR count). The molecule has 0 aliphatic rings. The van der Waals surface area contributed by atoms with E-state index in [0.717, 1.165) is 12.1 Å². The standard InChI is InChI=1S/C17H23ClN8O/c1-4-10(8-27)21-17-22-15(20-11-5-6-12(18)13(19)7-11)14-16(23-17)26(9(2)3)25-24-14/h5-7,9-10,27H,4,8,19H2,1-3H3,(H2,20,21,22,23). The van der Waals surface area contributed by atoms with Crippen LogP contribution in [0, 0.1) is 0 Å². The van der Waals surface area contributed by atoms with Crippen LogP contribution in [0.2, 0.25) is 5.02 Å². The number of aromatic nitrogens is 5. The number of nitrogens with zero attached hydrogens (tertiary/aromatic N) is 5. The average Bonchev–Trinajstić information content (AvgIpc) is 3.07. The van der Waals surface area contributed by atoms with Crippen LogP contribution in [0.25, 0.3) is 11.2 Å². The first kappa shape index (κ1) is 19.1. The molecule has 0 radical (unpaired) electrons. The summed E-state index contributed by atoms with van der Waals surface area (Å²) in [5.41, 5.74) is 8.20. The fourth-order valence-corrected chi connectivity index (χ4v) is 2.66. The van der Waals surface area contributed by atoms with E-state index in [4.69, 9.17) is 17.3 Å². The van der Waals surface area contributed by atoms with E-state index < -0.39 is 0 Å². The number of fused-ring (bicyclic) bond motifs is 1. The number of aliphatic hydroxyl groups excluding tert-OH is 1. The van der Waals surface area contributed by atoms with Gasteiger partial charge in [-0.25, -0.2) is 4.68 Å². The predicted octanol–water partition coefficient (Wildman–Crippen LogP) is 2.96. The monoisotopic (exact) mass is 390 g/mol. The zero-order chi connectivity index (χ0) is 19.6. The van der Waals surface area contributed by atoms with Crippen LogP contribution in [-0.2, 0) is 0 Å². The second-order valence-corrected chi connectivity index (χ2v) is 6.90. The zero-order valence-corrected chi connectivity index (χ0v) is 16.2. The van der Waals surface area contributed by atoms with Gasteiger partial charge in [-0.2, -0.15) is 9.97 Å². The highest BCUT2D eigenvalue weighted by atomic mass is 35.5. The lowest BCUT2D eigenvalue weighted by Crippen LogP contribution is -2.24. The van der Waals surface area contributed by atoms with Gasteiger partial charge in [0.2, 0.25) is 5.95 Å². The third-order valence-electron chi connectivity index (χ3n) is 4.12. The Balaban J connectivity index is 2.07. The van der Waals surface area contributed by atoms with Gasteiger partial charge in [-0.1, -0.05) is 23.7 Å². The number of halogens is 1. The molecule has 0 bridgehead atoms. The van der Waals surface area contributed by atoms with Gasteiger partial charge < -0.3 is 21.5 Å². The minimum absolute atomic E-state index is 0.0178. The molecule has 27 heavy (non-hydrogen) atoms. The number of anilines is 4. The van der Waals surface area contributed by atoms with E-state index in [1.807, 2.05) is 20.8 Å². The summed E-state index contributed by atoms with van der Waals surface area (Å²) in [5, 5.41) is 24.7. The first-order valence-corrected chi connectivity index (χ1v) is 9.13. The van der Waals surface area contributed by atoms with Crippen LogP contribution >= 0.6 is 11.6 Å². The minimum atomic E-state index is -0.148. The maximum Gasteiger partial charge on any atom is 0.227 e. The van der Waals surface area contributed by atoms with Gasteiger partial charge in [-0.3, -0.25) is 0 Å². The number of nitrogens with one attached hydrogen (secondary N) is 2. The lowest BCUT2D eigenvalue weighted by atomic mass is 10.2. The molecular weight excluding hydrogens is 368 g/mol. The number of nitrogens with two attached hydrogens (primary N) is 1. The van der Waals surface area contributed by atoms with E-state index in [2.05, 4.69) is 30.9 Å². The van der Waals surface area contributed by atoms with E-state index in [0.29, 0.717) is 33.6 Å². The van der Waals surface area contributed by atoms with Crippen LogP contribution in [0.3, 0.4) is 0 Å². The summed E-state index contributed by atoms with van der Waals surface area (Å²) in [5.74, 6) is 0.876. The molecule has 5 N–H and O–H groups in total. The van der Waals surface area contributed by atoms with Crippen molar-refractivity contribution in [1.29, 1.82) is 0 Å². The van der Waals surface area contributed by atoms with Gasteiger partial charge in [-0.15, -0.1) is 5.10 Å². The maximum atomic E-state index is 9.47. The van der Waals surface area contributed by atoms with Gasteiger partial charge in [0, 0.05) is 5.69 Å².